The fourth-order valence-corrected chi connectivity index (χ4v) is 4.32. The first-order valence-corrected chi connectivity index (χ1v) is 8.55. The van der Waals surface area contributed by atoms with E-state index in [4.69, 9.17) is 0 Å². The van der Waals surface area contributed by atoms with Crippen LogP contribution in [-0.2, 0) is 19.7 Å². The van der Waals surface area contributed by atoms with Crippen molar-refractivity contribution in [3.05, 3.63) is 12.2 Å². The van der Waals surface area contributed by atoms with Gasteiger partial charge in [-0.05, 0) is 6.42 Å². The van der Waals surface area contributed by atoms with Crippen molar-refractivity contribution in [2.24, 2.45) is 0 Å². The largest absolute Gasteiger partial charge is 0.499 e. The Morgan fingerprint density at radius 2 is 1.29 bits per heavy atom. The summed E-state index contributed by atoms with van der Waals surface area (Å²) in [6, 6.07) is 0. The summed E-state index contributed by atoms with van der Waals surface area (Å²) < 4.78 is 114. The van der Waals surface area contributed by atoms with Gasteiger partial charge in [0.25, 0.3) is 19.7 Å². The van der Waals surface area contributed by atoms with E-state index in [9.17, 15) is 43.2 Å². The minimum Gasteiger partial charge on any atom is -0.218 e. The van der Waals surface area contributed by atoms with E-state index in [0.717, 1.165) is 0 Å². The molecule has 0 aromatic heterocycles. The zero-order valence-electron chi connectivity index (χ0n) is 10.6. The third-order valence-corrected chi connectivity index (χ3v) is 6.62. The van der Waals surface area contributed by atoms with E-state index in [0.29, 0.717) is 18.9 Å². The normalized spacial score (nSPS) is 15.0. The number of allylic oxidation sites excluding steroid dienone is 1. The Hall–Kier alpha value is -0.780. The Morgan fingerprint density at radius 3 is 1.57 bits per heavy atom. The molecule has 0 atom stereocenters. The first kappa shape index (κ1) is 20.2. The standard InChI is InChI=1S/C9H12F6O4S2/c1-2-3-4-5-6-7(20(16,17)8(10,11)12)21(18,19)9(13,14)15/h5-7H,2-4H2,1H3/b6-5+. The highest BCUT2D eigenvalue weighted by Crippen LogP contribution is 2.36. The number of sulfone groups is 2. The molecule has 0 unspecified atom stereocenters. The van der Waals surface area contributed by atoms with Crippen molar-refractivity contribution in [3.8, 4) is 0 Å². The van der Waals surface area contributed by atoms with E-state index in [1.807, 2.05) is 0 Å². The molecule has 0 aliphatic rings. The first-order chi connectivity index (χ1) is 9.19. The molecule has 4 nitrogen and oxygen atoms in total. The predicted octanol–water partition coefficient (Wildman–Crippen LogP) is 2.93. The summed E-state index contributed by atoms with van der Waals surface area (Å²) in [6.45, 7) is 1.67. The molecule has 0 aromatic carbocycles. The molecule has 0 aliphatic carbocycles. The summed E-state index contributed by atoms with van der Waals surface area (Å²) in [5, 5.41) is 0. The Balaban J connectivity index is 5.91. The molecule has 0 aliphatic heterocycles. The predicted molar refractivity (Wildman–Crippen MR) is 62.4 cm³/mol. The van der Waals surface area contributed by atoms with Gasteiger partial charge in [0.15, 0.2) is 4.58 Å². The molecule has 126 valence electrons. The summed E-state index contributed by atoms with van der Waals surface area (Å²) in [5.74, 6) is 0. The topological polar surface area (TPSA) is 68.3 Å². The molecule has 21 heavy (non-hydrogen) atoms. The highest BCUT2D eigenvalue weighted by molar-refractivity contribution is 8.10. The molecule has 0 saturated carbocycles. The number of hydrogen-bond acceptors (Lipinski definition) is 4. The van der Waals surface area contributed by atoms with Gasteiger partial charge in [-0.25, -0.2) is 16.8 Å². The lowest BCUT2D eigenvalue weighted by Crippen LogP contribution is -2.43. The second-order valence-corrected chi connectivity index (χ2v) is 8.34. The van der Waals surface area contributed by atoms with Gasteiger partial charge in [-0.1, -0.05) is 31.9 Å². The maximum atomic E-state index is 12.3. The van der Waals surface area contributed by atoms with Crippen LogP contribution in [0.5, 0.6) is 0 Å². The first-order valence-electron chi connectivity index (χ1n) is 5.46. The van der Waals surface area contributed by atoms with Crippen LogP contribution in [0.15, 0.2) is 12.2 Å². The molecule has 0 rings (SSSR count). The fraction of sp³-hybridized carbons (Fsp3) is 0.778. The summed E-state index contributed by atoms with van der Waals surface area (Å²) in [6.07, 6.45) is 1.43. The van der Waals surface area contributed by atoms with Crippen molar-refractivity contribution in [3.63, 3.8) is 0 Å². The lowest BCUT2D eigenvalue weighted by Gasteiger charge is -2.18. The van der Waals surface area contributed by atoms with Gasteiger partial charge in [-0.15, -0.1) is 0 Å². The molecule has 0 bridgehead atoms. The second kappa shape index (κ2) is 6.55. The summed E-state index contributed by atoms with van der Waals surface area (Å²) in [7, 11) is -13.1. The number of hydrogen-bond donors (Lipinski definition) is 0. The number of unbranched alkanes of at least 4 members (excludes halogenated alkanes) is 2. The van der Waals surface area contributed by atoms with E-state index in [1.54, 1.807) is 6.92 Å². The molecule has 0 N–H and O–H groups in total. The van der Waals surface area contributed by atoms with E-state index in [2.05, 4.69) is 0 Å². The molecule has 12 heteroatoms. The van der Waals surface area contributed by atoms with E-state index in [-0.39, 0.29) is 12.5 Å². The molecule has 0 radical (unpaired) electrons. The van der Waals surface area contributed by atoms with Crippen LogP contribution in [-0.4, -0.2) is 32.4 Å². The summed E-state index contributed by atoms with van der Waals surface area (Å²) in [4.78, 5) is 0. The summed E-state index contributed by atoms with van der Waals surface area (Å²) >= 11 is 0. The quantitative estimate of drug-likeness (QED) is 0.414. The van der Waals surface area contributed by atoms with Crippen LogP contribution >= 0.6 is 0 Å². The monoisotopic (exact) mass is 362 g/mol. The molecule has 0 aromatic rings. The number of rotatable bonds is 6. The second-order valence-electron chi connectivity index (χ2n) is 3.92. The summed E-state index contributed by atoms with van der Waals surface area (Å²) in [5.41, 5.74) is -12.2. The number of halogens is 6. The van der Waals surface area contributed by atoms with Crippen molar-refractivity contribution < 1.29 is 43.2 Å². The molecule has 0 fully saturated rings. The van der Waals surface area contributed by atoms with Gasteiger partial charge in [0.1, 0.15) is 0 Å². The van der Waals surface area contributed by atoms with Crippen molar-refractivity contribution in [1.29, 1.82) is 0 Å². The van der Waals surface area contributed by atoms with Crippen LogP contribution < -0.4 is 0 Å². The smallest absolute Gasteiger partial charge is 0.218 e. The van der Waals surface area contributed by atoms with Crippen molar-refractivity contribution in [1.82, 2.24) is 0 Å². The third-order valence-electron chi connectivity index (χ3n) is 2.27. The van der Waals surface area contributed by atoms with Gasteiger partial charge in [0.2, 0.25) is 0 Å². The maximum absolute atomic E-state index is 12.3. The van der Waals surface area contributed by atoms with Crippen LogP contribution in [0.25, 0.3) is 0 Å². The average molecular weight is 362 g/mol. The molecule has 0 amide bonds. The highest BCUT2D eigenvalue weighted by atomic mass is 32.3. The fourth-order valence-electron chi connectivity index (χ4n) is 1.17. The highest BCUT2D eigenvalue weighted by Gasteiger charge is 2.61. The Bertz CT molecular complexity index is 526. The minimum absolute atomic E-state index is 0.0479. The maximum Gasteiger partial charge on any atom is 0.499 e. The van der Waals surface area contributed by atoms with Gasteiger partial charge >= 0.3 is 11.0 Å². The van der Waals surface area contributed by atoms with Gasteiger partial charge in [-0.3, -0.25) is 0 Å². The lowest BCUT2D eigenvalue weighted by atomic mass is 10.2. The SMILES string of the molecule is CCCC/C=C/C(S(=O)(=O)C(F)(F)F)S(=O)(=O)C(F)(F)F. The van der Waals surface area contributed by atoms with E-state index in [1.165, 1.54) is 0 Å². The third kappa shape index (κ3) is 4.59. The van der Waals surface area contributed by atoms with Gasteiger partial charge in [0, 0.05) is 0 Å². The van der Waals surface area contributed by atoms with E-state index >= 15 is 0 Å². The van der Waals surface area contributed by atoms with Crippen LogP contribution in [0.4, 0.5) is 26.3 Å². The molecule has 0 spiro atoms. The molecule has 0 saturated heterocycles. The Kier molecular flexibility index (Phi) is 6.30. The van der Waals surface area contributed by atoms with Crippen LogP contribution in [0.1, 0.15) is 26.2 Å². The molecule has 0 heterocycles. The van der Waals surface area contributed by atoms with Crippen LogP contribution in [0.3, 0.4) is 0 Å². The molecular weight excluding hydrogens is 350 g/mol. The zero-order valence-corrected chi connectivity index (χ0v) is 12.2. The Labute approximate surface area is 117 Å². The van der Waals surface area contributed by atoms with Crippen LogP contribution in [0.2, 0.25) is 0 Å². The van der Waals surface area contributed by atoms with Gasteiger partial charge < -0.3 is 0 Å². The zero-order chi connectivity index (χ0) is 17.1. The lowest BCUT2D eigenvalue weighted by molar-refractivity contribution is -0.0465. The van der Waals surface area contributed by atoms with Crippen molar-refractivity contribution >= 4 is 19.7 Å². The van der Waals surface area contributed by atoms with Crippen molar-refractivity contribution in [2.45, 2.75) is 41.8 Å². The molecular formula is C9H12F6O4S2. The number of alkyl halides is 6. The van der Waals surface area contributed by atoms with Crippen molar-refractivity contribution in [2.75, 3.05) is 0 Å². The van der Waals surface area contributed by atoms with Crippen LogP contribution in [0, 0.1) is 0 Å². The van der Waals surface area contributed by atoms with Gasteiger partial charge in [-0.2, -0.15) is 26.3 Å². The van der Waals surface area contributed by atoms with Gasteiger partial charge in [0.05, 0.1) is 0 Å². The van der Waals surface area contributed by atoms with E-state index < -0.39 is 35.3 Å². The Morgan fingerprint density at radius 1 is 0.905 bits per heavy atom. The average Bonchev–Trinajstić information content (AvgIpc) is 2.25. The minimum atomic E-state index is -6.56.